The number of fused-ring (bicyclic) bond motifs is 1. The first-order valence-electron chi connectivity index (χ1n) is 12.5. The molecule has 2 aliphatic heterocycles. The third-order valence-electron chi connectivity index (χ3n) is 7.02. The fourth-order valence-corrected chi connectivity index (χ4v) is 4.95. The van der Waals surface area contributed by atoms with Gasteiger partial charge in [-0.3, -0.25) is 4.79 Å². The number of halogens is 4. The van der Waals surface area contributed by atoms with E-state index < -0.39 is 17.6 Å². The summed E-state index contributed by atoms with van der Waals surface area (Å²) in [6.45, 7) is 2.28. The Morgan fingerprint density at radius 2 is 1.87 bits per heavy atom. The van der Waals surface area contributed by atoms with Gasteiger partial charge in [-0.25, -0.2) is 19.3 Å². The number of likely N-dealkylation sites (tertiary alicyclic amines) is 1. The highest BCUT2D eigenvalue weighted by molar-refractivity contribution is 5.81. The predicted octanol–water partition coefficient (Wildman–Crippen LogP) is 2.92. The van der Waals surface area contributed by atoms with E-state index in [1.807, 2.05) is 0 Å². The number of carbonyl (C=O) groups excluding carboxylic acids is 1. The first-order valence-corrected chi connectivity index (χ1v) is 12.5. The van der Waals surface area contributed by atoms with Gasteiger partial charge in [0.1, 0.15) is 17.7 Å². The Hall–Kier alpha value is -3.99. The molecule has 39 heavy (non-hydrogen) atoms. The minimum atomic E-state index is -4.86. The minimum absolute atomic E-state index is 0.116. The number of nitrogens with zero attached hydrogens (tertiary/aromatic N) is 7. The van der Waals surface area contributed by atoms with Crippen LogP contribution in [-0.4, -0.2) is 63.0 Å². The number of amides is 1. The average Bonchev–Trinajstić information content (AvgIpc) is 3.51. The van der Waals surface area contributed by atoms with Gasteiger partial charge in [-0.05, 0) is 37.3 Å². The first kappa shape index (κ1) is 28.0. The molecule has 3 aromatic rings. The number of piperidine rings is 1. The molecule has 4 heterocycles. The van der Waals surface area contributed by atoms with Crippen LogP contribution in [0.4, 0.5) is 29.1 Å². The van der Waals surface area contributed by atoms with Crippen LogP contribution in [0.5, 0.6) is 0 Å². The van der Waals surface area contributed by atoms with E-state index in [4.69, 9.17) is 16.7 Å². The Morgan fingerprint density at radius 3 is 2.49 bits per heavy atom. The van der Waals surface area contributed by atoms with Crippen molar-refractivity contribution in [2.75, 3.05) is 36.8 Å². The molecule has 1 amide bonds. The van der Waals surface area contributed by atoms with Crippen molar-refractivity contribution in [1.82, 2.24) is 24.4 Å². The second kappa shape index (κ2) is 11.8. The maximum Gasteiger partial charge on any atom is 0.419 e. The molecule has 208 valence electrons. The van der Waals surface area contributed by atoms with E-state index in [9.17, 15) is 22.4 Å². The van der Waals surface area contributed by atoms with Crippen molar-refractivity contribution in [3.8, 4) is 6.07 Å². The lowest BCUT2D eigenvalue weighted by atomic mass is 9.95. The largest absolute Gasteiger partial charge is 0.419 e. The second-order valence-corrected chi connectivity index (χ2v) is 9.66. The van der Waals surface area contributed by atoms with Crippen LogP contribution < -0.4 is 16.4 Å². The maximum atomic E-state index is 14.3. The van der Waals surface area contributed by atoms with E-state index in [-0.39, 0.29) is 35.1 Å². The first-order chi connectivity index (χ1) is 18.6. The zero-order valence-corrected chi connectivity index (χ0v) is 21.1. The van der Waals surface area contributed by atoms with Crippen molar-refractivity contribution >= 4 is 29.1 Å². The average molecular weight is 548 g/mol. The molecule has 2 aliphatic rings. The van der Waals surface area contributed by atoms with E-state index in [1.54, 1.807) is 9.80 Å². The maximum absolute atomic E-state index is 14.3. The van der Waals surface area contributed by atoms with Gasteiger partial charge in [0.15, 0.2) is 11.5 Å². The Balaban J connectivity index is 0.000000270. The number of nitrogen functional groups attached to an aromatic ring is 1. The van der Waals surface area contributed by atoms with Crippen LogP contribution in [0.3, 0.4) is 0 Å². The molecule has 2 fully saturated rings. The highest BCUT2D eigenvalue weighted by Crippen LogP contribution is 2.39. The number of hydrogen-bond donors (Lipinski definition) is 2. The zero-order valence-electron chi connectivity index (χ0n) is 21.1. The van der Waals surface area contributed by atoms with Crippen LogP contribution in [0.2, 0.25) is 0 Å². The molecule has 1 atom stereocenters. The third-order valence-corrected chi connectivity index (χ3v) is 7.02. The Labute approximate surface area is 222 Å². The lowest BCUT2D eigenvalue weighted by Gasteiger charge is -2.27. The van der Waals surface area contributed by atoms with Gasteiger partial charge in [-0.2, -0.15) is 18.4 Å². The number of nitriles is 1. The molecule has 10 nitrogen and oxygen atoms in total. The minimum Gasteiger partial charge on any atom is -0.382 e. The van der Waals surface area contributed by atoms with Crippen LogP contribution in [0.25, 0.3) is 11.2 Å². The van der Waals surface area contributed by atoms with Gasteiger partial charge in [0, 0.05) is 49.9 Å². The predicted molar refractivity (Wildman–Crippen MR) is 136 cm³/mol. The molecule has 14 heteroatoms. The number of anilines is 2. The van der Waals surface area contributed by atoms with Crippen molar-refractivity contribution in [2.24, 2.45) is 11.7 Å². The molecular formula is C25H29F4N9O. The molecule has 2 aromatic heterocycles. The van der Waals surface area contributed by atoms with Gasteiger partial charge in [-0.15, -0.1) is 0 Å². The van der Waals surface area contributed by atoms with Gasteiger partial charge in [0.2, 0.25) is 6.41 Å². The Morgan fingerprint density at radius 1 is 1.13 bits per heavy atom. The molecule has 1 aromatic carbocycles. The third kappa shape index (κ3) is 6.36. The SMILES string of the molecule is N#CCC1CCN(C=O)CC1.Nc1ncnc2c1ncn2Cc1c(N2CCC(N)C2)ccc(F)c1C(F)(F)F. The van der Waals surface area contributed by atoms with E-state index in [1.165, 1.54) is 23.3 Å². The summed E-state index contributed by atoms with van der Waals surface area (Å²) in [4.78, 5) is 25.7. The fraction of sp³-hybridized carbons (Fsp3) is 0.480. The number of benzene rings is 1. The van der Waals surface area contributed by atoms with Gasteiger partial charge in [0.25, 0.3) is 0 Å². The number of hydrogen-bond acceptors (Lipinski definition) is 8. The van der Waals surface area contributed by atoms with Crippen molar-refractivity contribution < 1.29 is 22.4 Å². The summed E-state index contributed by atoms with van der Waals surface area (Å²) in [6.07, 6.45) is 1.83. The summed E-state index contributed by atoms with van der Waals surface area (Å²) >= 11 is 0. The molecular weight excluding hydrogens is 518 g/mol. The number of rotatable bonds is 5. The molecule has 0 saturated carbocycles. The molecule has 4 N–H and O–H groups in total. The van der Waals surface area contributed by atoms with Crippen LogP contribution in [0.15, 0.2) is 24.8 Å². The van der Waals surface area contributed by atoms with Crippen molar-refractivity contribution in [1.29, 1.82) is 5.26 Å². The molecule has 2 saturated heterocycles. The van der Waals surface area contributed by atoms with Gasteiger partial charge in [-0.1, -0.05) is 0 Å². The van der Waals surface area contributed by atoms with Crippen LogP contribution in [-0.2, 0) is 17.5 Å². The second-order valence-electron chi connectivity index (χ2n) is 9.66. The smallest absolute Gasteiger partial charge is 0.382 e. The fourth-order valence-electron chi connectivity index (χ4n) is 4.95. The lowest BCUT2D eigenvalue weighted by molar-refractivity contribution is -0.140. The van der Waals surface area contributed by atoms with Crippen molar-refractivity contribution in [3.05, 3.63) is 41.7 Å². The number of alkyl halides is 3. The Kier molecular flexibility index (Phi) is 8.49. The van der Waals surface area contributed by atoms with Gasteiger partial charge >= 0.3 is 6.18 Å². The zero-order chi connectivity index (χ0) is 28.2. The summed E-state index contributed by atoms with van der Waals surface area (Å²) in [6, 6.07) is 4.23. The molecule has 0 spiro atoms. The topological polar surface area (TPSA) is 143 Å². The normalized spacial score (nSPS) is 18.1. The summed E-state index contributed by atoms with van der Waals surface area (Å²) in [5, 5.41) is 8.41. The molecule has 5 rings (SSSR count). The van der Waals surface area contributed by atoms with Gasteiger partial charge < -0.3 is 25.8 Å². The van der Waals surface area contributed by atoms with E-state index >= 15 is 0 Å². The van der Waals surface area contributed by atoms with E-state index in [0.717, 1.165) is 38.4 Å². The van der Waals surface area contributed by atoms with E-state index in [0.29, 0.717) is 37.5 Å². The van der Waals surface area contributed by atoms with Crippen LogP contribution in [0, 0.1) is 23.1 Å². The molecule has 0 bridgehead atoms. The van der Waals surface area contributed by atoms with Crippen molar-refractivity contribution in [3.63, 3.8) is 0 Å². The van der Waals surface area contributed by atoms with Gasteiger partial charge in [0.05, 0.1) is 24.5 Å². The summed E-state index contributed by atoms with van der Waals surface area (Å²) in [5.74, 6) is -0.686. The number of carbonyl (C=O) groups is 1. The Bertz CT molecular complexity index is 1350. The summed E-state index contributed by atoms with van der Waals surface area (Å²) in [7, 11) is 0. The number of nitrogens with two attached hydrogens (primary N) is 2. The highest BCUT2D eigenvalue weighted by atomic mass is 19.4. The number of aromatic nitrogens is 4. The van der Waals surface area contributed by atoms with E-state index in [2.05, 4.69) is 21.0 Å². The molecule has 1 unspecified atom stereocenters. The van der Waals surface area contributed by atoms with Crippen LogP contribution in [0.1, 0.15) is 36.8 Å². The molecule has 0 aliphatic carbocycles. The van der Waals surface area contributed by atoms with Crippen molar-refractivity contribution in [2.45, 2.75) is 44.4 Å². The summed E-state index contributed by atoms with van der Waals surface area (Å²) < 4.78 is 56.8. The highest BCUT2D eigenvalue weighted by Gasteiger charge is 2.39. The number of imidazole rings is 1. The molecule has 0 radical (unpaired) electrons. The monoisotopic (exact) mass is 547 g/mol. The van der Waals surface area contributed by atoms with Crippen LogP contribution >= 0.6 is 0 Å². The quantitative estimate of drug-likeness (QED) is 0.367. The lowest BCUT2D eigenvalue weighted by Crippen LogP contribution is -2.32. The standard InChI is InChI=1S/C17H17F4N7.C8H12N2O/c18-11-1-2-12(27-4-3-9(22)5-27)10(13(11)17(19,20)21)6-28-8-26-14-15(23)24-7-25-16(14)28;9-4-1-8-2-5-10(7-11)6-3-8/h1-2,7-9H,3-6,22H2,(H2,23,24,25);7-8H,1-3,5-6H2. The summed E-state index contributed by atoms with van der Waals surface area (Å²) in [5.41, 5.74) is 11.0.